The summed E-state index contributed by atoms with van der Waals surface area (Å²) in [6.45, 7) is 5.91. The Hall–Kier alpha value is -3.41. The summed E-state index contributed by atoms with van der Waals surface area (Å²) in [5.74, 6) is 1.07. The second-order valence-electron chi connectivity index (χ2n) is 6.37. The van der Waals surface area contributed by atoms with Gasteiger partial charge in [0, 0.05) is 11.4 Å². The average molecular weight is 362 g/mol. The van der Waals surface area contributed by atoms with E-state index in [0.717, 1.165) is 22.7 Å². The van der Waals surface area contributed by atoms with Crippen LogP contribution < -0.4 is 15.4 Å². The van der Waals surface area contributed by atoms with Crippen LogP contribution in [-0.4, -0.2) is 22.0 Å². The first kappa shape index (κ1) is 18.4. The van der Waals surface area contributed by atoms with Gasteiger partial charge in [-0.15, -0.1) is 0 Å². The molecule has 0 bridgehead atoms. The van der Waals surface area contributed by atoms with Crippen LogP contribution in [-0.2, 0) is 0 Å². The van der Waals surface area contributed by atoms with Crippen LogP contribution in [0.4, 0.5) is 17.2 Å². The van der Waals surface area contributed by atoms with Crippen molar-refractivity contribution in [1.29, 1.82) is 0 Å². The predicted molar refractivity (Wildman–Crippen MR) is 107 cm³/mol. The third-order valence-electron chi connectivity index (χ3n) is 3.78. The minimum absolute atomic E-state index is 0.132. The van der Waals surface area contributed by atoms with Crippen LogP contribution in [0, 0.1) is 6.92 Å². The average Bonchev–Trinajstić information content (AvgIpc) is 2.65. The van der Waals surface area contributed by atoms with E-state index in [0.29, 0.717) is 5.82 Å². The first-order chi connectivity index (χ1) is 13.0. The molecule has 2 N–H and O–H groups in total. The molecule has 138 valence electrons. The molecule has 3 rings (SSSR count). The van der Waals surface area contributed by atoms with Crippen molar-refractivity contribution in [2.75, 3.05) is 10.6 Å². The molecule has 0 aliphatic heterocycles. The van der Waals surface area contributed by atoms with Crippen molar-refractivity contribution in [2.24, 2.45) is 0 Å². The number of hydrogen-bond acceptors (Lipinski definition) is 5. The van der Waals surface area contributed by atoms with Crippen molar-refractivity contribution < 1.29 is 9.53 Å². The van der Waals surface area contributed by atoms with Crippen molar-refractivity contribution in [3.63, 3.8) is 0 Å². The summed E-state index contributed by atoms with van der Waals surface area (Å²) in [7, 11) is 0. The fraction of sp³-hybridized carbons (Fsp3) is 0.190. The van der Waals surface area contributed by atoms with Gasteiger partial charge in [0.2, 0.25) is 0 Å². The number of carbonyl (C=O) groups excluding carboxylic acids is 1. The third-order valence-corrected chi connectivity index (χ3v) is 3.78. The largest absolute Gasteiger partial charge is 0.491 e. The predicted octanol–water partition coefficient (Wildman–Crippen LogP) is 4.57. The molecular formula is C21H22N4O2. The molecule has 1 heterocycles. The molecule has 2 aromatic carbocycles. The third kappa shape index (κ3) is 5.04. The lowest BCUT2D eigenvalue weighted by atomic mass is 10.2. The van der Waals surface area contributed by atoms with Crippen molar-refractivity contribution in [3.8, 4) is 5.75 Å². The number of rotatable bonds is 6. The van der Waals surface area contributed by atoms with Crippen molar-refractivity contribution in [2.45, 2.75) is 26.9 Å². The zero-order valence-electron chi connectivity index (χ0n) is 15.6. The highest BCUT2D eigenvalue weighted by Gasteiger charge is 2.10. The molecule has 0 atom stereocenters. The number of benzene rings is 2. The number of aryl methyl sites for hydroxylation is 1. The number of anilines is 3. The quantitative estimate of drug-likeness (QED) is 0.672. The Balaban J connectivity index is 1.63. The molecule has 0 saturated heterocycles. The lowest BCUT2D eigenvalue weighted by Gasteiger charge is -2.11. The fourth-order valence-corrected chi connectivity index (χ4v) is 2.45. The van der Waals surface area contributed by atoms with Crippen LogP contribution in [0.25, 0.3) is 0 Å². The lowest BCUT2D eigenvalue weighted by molar-refractivity contribution is 0.102. The van der Waals surface area contributed by atoms with E-state index in [1.165, 1.54) is 12.4 Å². The van der Waals surface area contributed by atoms with E-state index in [-0.39, 0.29) is 17.7 Å². The van der Waals surface area contributed by atoms with Crippen molar-refractivity contribution in [3.05, 3.63) is 72.2 Å². The second kappa shape index (κ2) is 8.31. The molecule has 0 saturated carbocycles. The Morgan fingerprint density at radius 2 is 1.74 bits per heavy atom. The topological polar surface area (TPSA) is 76.1 Å². The Labute approximate surface area is 158 Å². The highest BCUT2D eigenvalue weighted by Crippen LogP contribution is 2.20. The van der Waals surface area contributed by atoms with Gasteiger partial charge in [-0.2, -0.15) is 0 Å². The SMILES string of the molecule is Cc1ccccc1NC(=O)c1cnc(Nc2ccc(OC(C)C)cc2)cn1. The number of para-hydroxylation sites is 1. The summed E-state index contributed by atoms with van der Waals surface area (Å²) in [4.78, 5) is 20.8. The molecule has 0 fully saturated rings. The van der Waals surface area contributed by atoms with Gasteiger partial charge in [-0.05, 0) is 56.7 Å². The Morgan fingerprint density at radius 1 is 1.00 bits per heavy atom. The van der Waals surface area contributed by atoms with Gasteiger partial charge in [-0.1, -0.05) is 18.2 Å². The molecule has 0 unspecified atom stereocenters. The van der Waals surface area contributed by atoms with Gasteiger partial charge in [0.05, 0.1) is 18.5 Å². The Bertz CT molecular complexity index is 906. The van der Waals surface area contributed by atoms with Crippen molar-refractivity contribution in [1.82, 2.24) is 9.97 Å². The van der Waals surface area contributed by atoms with Gasteiger partial charge in [0.15, 0.2) is 0 Å². The number of amides is 1. The first-order valence-electron chi connectivity index (χ1n) is 8.74. The van der Waals surface area contributed by atoms with Gasteiger partial charge < -0.3 is 15.4 Å². The monoisotopic (exact) mass is 362 g/mol. The van der Waals surface area contributed by atoms with E-state index in [1.807, 2.05) is 69.3 Å². The van der Waals surface area contributed by atoms with Crippen LogP contribution in [0.5, 0.6) is 5.75 Å². The normalized spacial score (nSPS) is 10.5. The molecular weight excluding hydrogens is 340 g/mol. The zero-order chi connectivity index (χ0) is 19.2. The molecule has 6 nitrogen and oxygen atoms in total. The maximum absolute atomic E-state index is 12.3. The van der Waals surface area contributed by atoms with E-state index in [2.05, 4.69) is 20.6 Å². The molecule has 1 aromatic heterocycles. The van der Waals surface area contributed by atoms with Crippen LogP contribution in [0.15, 0.2) is 60.9 Å². The van der Waals surface area contributed by atoms with Crippen LogP contribution in [0.1, 0.15) is 29.9 Å². The van der Waals surface area contributed by atoms with E-state index in [1.54, 1.807) is 0 Å². The van der Waals surface area contributed by atoms with E-state index < -0.39 is 0 Å². The summed E-state index contributed by atoms with van der Waals surface area (Å²) in [5, 5.41) is 5.99. The number of aromatic nitrogens is 2. The summed E-state index contributed by atoms with van der Waals surface area (Å²) in [6.07, 6.45) is 3.12. The maximum atomic E-state index is 12.3. The standard InChI is InChI=1S/C21H22N4O2/c1-14(2)27-17-10-8-16(9-11-17)24-20-13-22-19(12-23-20)21(26)25-18-7-5-4-6-15(18)3/h4-14H,1-3H3,(H,23,24)(H,25,26). The maximum Gasteiger partial charge on any atom is 0.275 e. The lowest BCUT2D eigenvalue weighted by Crippen LogP contribution is -2.15. The zero-order valence-corrected chi connectivity index (χ0v) is 15.6. The molecule has 1 amide bonds. The highest BCUT2D eigenvalue weighted by molar-refractivity contribution is 6.03. The van der Waals surface area contributed by atoms with Crippen molar-refractivity contribution >= 4 is 23.1 Å². The molecule has 0 aliphatic rings. The molecule has 27 heavy (non-hydrogen) atoms. The smallest absolute Gasteiger partial charge is 0.275 e. The summed E-state index contributed by atoms with van der Waals surface area (Å²) >= 11 is 0. The van der Waals surface area contributed by atoms with E-state index in [9.17, 15) is 4.79 Å². The molecule has 6 heteroatoms. The Morgan fingerprint density at radius 3 is 2.37 bits per heavy atom. The fourth-order valence-electron chi connectivity index (χ4n) is 2.45. The Kier molecular flexibility index (Phi) is 5.66. The van der Waals surface area contributed by atoms with Gasteiger partial charge >= 0.3 is 0 Å². The number of ether oxygens (including phenoxy) is 1. The summed E-state index contributed by atoms with van der Waals surface area (Å²) in [6, 6.07) is 15.2. The van der Waals surface area contributed by atoms with E-state index >= 15 is 0 Å². The first-order valence-corrected chi connectivity index (χ1v) is 8.74. The minimum Gasteiger partial charge on any atom is -0.491 e. The summed E-state index contributed by atoms with van der Waals surface area (Å²) < 4.78 is 5.62. The number of carbonyl (C=O) groups is 1. The second-order valence-corrected chi connectivity index (χ2v) is 6.37. The highest BCUT2D eigenvalue weighted by atomic mass is 16.5. The summed E-state index contributed by atoms with van der Waals surface area (Å²) in [5.41, 5.74) is 2.86. The minimum atomic E-state index is -0.293. The van der Waals surface area contributed by atoms with Gasteiger partial charge in [0.25, 0.3) is 5.91 Å². The molecule has 3 aromatic rings. The number of nitrogens with one attached hydrogen (secondary N) is 2. The molecule has 0 radical (unpaired) electrons. The number of nitrogens with zero attached hydrogens (tertiary/aromatic N) is 2. The van der Waals surface area contributed by atoms with Gasteiger partial charge in [0.1, 0.15) is 17.3 Å². The van der Waals surface area contributed by atoms with Gasteiger partial charge in [-0.3, -0.25) is 4.79 Å². The van der Waals surface area contributed by atoms with Crippen LogP contribution in [0.3, 0.4) is 0 Å². The van der Waals surface area contributed by atoms with Gasteiger partial charge in [-0.25, -0.2) is 9.97 Å². The molecule has 0 spiro atoms. The van der Waals surface area contributed by atoms with Crippen LogP contribution >= 0.6 is 0 Å². The molecule has 0 aliphatic carbocycles. The van der Waals surface area contributed by atoms with E-state index in [4.69, 9.17) is 4.74 Å². The number of hydrogen-bond donors (Lipinski definition) is 2. The van der Waals surface area contributed by atoms with Crippen LogP contribution in [0.2, 0.25) is 0 Å².